The molecule has 2 unspecified atom stereocenters. The summed E-state index contributed by atoms with van der Waals surface area (Å²) in [4.78, 5) is 13.6. The lowest BCUT2D eigenvalue weighted by Crippen LogP contribution is -2.25. The fourth-order valence-electron chi connectivity index (χ4n) is 5.81. The number of hydrogen-bond donors (Lipinski definition) is 2. The summed E-state index contributed by atoms with van der Waals surface area (Å²) in [7, 11) is 0. The van der Waals surface area contributed by atoms with Crippen LogP contribution in [0.1, 0.15) is 55.7 Å². The van der Waals surface area contributed by atoms with Crippen molar-refractivity contribution in [3.63, 3.8) is 0 Å². The SMILES string of the molecule is Nc1ncnc2c1ccn2C1CCC(CCc2ccc3cc4c(nc3c2)NN(C2CC2)C4)C1. The number of rotatable bonds is 5. The number of anilines is 2. The second-order valence-electron chi connectivity index (χ2n) is 10.1. The molecule has 2 saturated carbocycles. The first kappa shape index (κ1) is 19.3. The van der Waals surface area contributed by atoms with E-state index in [4.69, 9.17) is 10.7 Å². The molecule has 7 nitrogen and oxygen atoms in total. The maximum atomic E-state index is 6.02. The number of pyridine rings is 1. The summed E-state index contributed by atoms with van der Waals surface area (Å²) in [5.74, 6) is 2.36. The molecule has 2 fully saturated rings. The van der Waals surface area contributed by atoms with E-state index in [1.54, 1.807) is 6.33 Å². The van der Waals surface area contributed by atoms with Crippen LogP contribution in [0.15, 0.2) is 42.9 Å². The molecule has 1 aliphatic heterocycles. The van der Waals surface area contributed by atoms with Crippen LogP contribution < -0.4 is 11.2 Å². The van der Waals surface area contributed by atoms with Crippen molar-refractivity contribution in [2.45, 2.75) is 63.6 Å². The van der Waals surface area contributed by atoms with Crippen molar-refractivity contribution in [3.05, 3.63) is 54.0 Å². The zero-order chi connectivity index (χ0) is 21.9. The number of nitrogens with two attached hydrogens (primary N) is 1. The predicted molar refractivity (Wildman–Crippen MR) is 131 cm³/mol. The van der Waals surface area contributed by atoms with E-state index in [-0.39, 0.29) is 0 Å². The van der Waals surface area contributed by atoms with Gasteiger partial charge in [0.15, 0.2) is 0 Å². The molecule has 4 heterocycles. The number of fused-ring (bicyclic) bond motifs is 3. The van der Waals surface area contributed by atoms with Gasteiger partial charge in [-0.25, -0.2) is 20.0 Å². The van der Waals surface area contributed by atoms with E-state index in [0.29, 0.717) is 17.9 Å². The van der Waals surface area contributed by atoms with Gasteiger partial charge in [0.05, 0.1) is 10.9 Å². The molecule has 1 aromatic carbocycles. The zero-order valence-electron chi connectivity index (χ0n) is 18.7. The van der Waals surface area contributed by atoms with Gasteiger partial charge in [0.2, 0.25) is 0 Å². The highest BCUT2D eigenvalue weighted by atomic mass is 15.6. The number of nitrogens with one attached hydrogen (secondary N) is 1. The summed E-state index contributed by atoms with van der Waals surface area (Å²) in [6.07, 6.45) is 12.3. The molecule has 33 heavy (non-hydrogen) atoms. The van der Waals surface area contributed by atoms with Gasteiger partial charge in [0.1, 0.15) is 23.6 Å². The number of hydrogen-bond acceptors (Lipinski definition) is 6. The van der Waals surface area contributed by atoms with E-state index in [0.717, 1.165) is 41.3 Å². The molecule has 168 valence electrons. The molecule has 0 saturated heterocycles. The Morgan fingerprint density at radius 3 is 2.85 bits per heavy atom. The lowest BCUT2D eigenvalue weighted by atomic mass is 9.97. The van der Waals surface area contributed by atoms with Crippen molar-refractivity contribution in [2.75, 3.05) is 11.2 Å². The third-order valence-corrected chi connectivity index (χ3v) is 7.83. The van der Waals surface area contributed by atoms with Gasteiger partial charge in [-0.05, 0) is 74.6 Å². The Kier molecular flexibility index (Phi) is 4.34. The van der Waals surface area contributed by atoms with Crippen molar-refractivity contribution >= 4 is 33.6 Å². The van der Waals surface area contributed by atoms with Gasteiger partial charge in [-0.3, -0.25) is 0 Å². The number of nitrogens with zero attached hydrogens (tertiary/aromatic N) is 5. The minimum absolute atomic E-state index is 0.503. The number of benzene rings is 1. The van der Waals surface area contributed by atoms with Crippen LogP contribution in [0.4, 0.5) is 11.6 Å². The molecule has 3 N–H and O–H groups in total. The maximum Gasteiger partial charge on any atom is 0.145 e. The van der Waals surface area contributed by atoms with Crippen molar-refractivity contribution < 1.29 is 0 Å². The van der Waals surface area contributed by atoms with E-state index in [9.17, 15) is 0 Å². The highest BCUT2D eigenvalue weighted by Crippen LogP contribution is 2.39. The second kappa shape index (κ2) is 7.42. The molecule has 0 bridgehead atoms. The van der Waals surface area contributed by atoms with Crippen molar-refractivity contribution in [2.24, 2.45) is 5.92 Å². The van der Waals surface area contributed by atoms with Gasteiger partial charge in [-0.2, -0.15) is 0 Å². The van der Waals surface area contributed by atoms with Crippen LogP contribution in [0.25, 0.3) is 21.9 Å². The lowest BCUT2D eigenvalue weighted by Gasteiger charge is -2.14. The molecule has 4 aromatic rings. The highest BCUT2D eigenvalue weighted by Gasteiger charge is 2.34. The highest BCUT2D eigenvalue weighted by molar-refractivity contribution is 5.86. The minimum Gasteiger partial charge on any atom is -0.383 e. The minimum atomic E-state index is 0.503. The topological polar surface area (TPSA) is 84.9 Å². The van der Waals surface area contributed by atoms with Gasteiger partial charge in [-0.1, -0.05) is 12.1 Å². The van der Waals surface area contributed by atoms with E-state index in [2.05, 4.69) is 61.5 Å². The summed E-state index contributed by atoms with van der Waals surface area (Å²) in [5, 5.41) is 4.56. The number of hydrazine groups is 1. The maximum absolute atomic E-state index is 6.02. The third kappa shape index (κ3) is 3.42. The molecule has 0 radical (unpaired) electrons. The quantitative estimate of drug-likeness (QED) is 0.463. The van der Waals surface area contributed by atoms with Gasteiger partial charge in [-0.15, -0.1) is 0 Å². The Bertz CT molecular complexity index is 1360. The lowest BCUT2D eigenvalue weighted by molar-refractivity contribution is 0.332. The van der Waals surface area contributed by atoms with Crippen LogP contribution in [0.2, 0.25) is 0 Å². The first-order valence-electron chi connectivity index (χ1n) is 12.2. The Hall–Kier alpha value is -3.19. The summed E-state index contributed by atoms with van der Waals surface area (Å²) in [6, 6.07) is 12.4. The predicted octanol–water partition coefficient (Wildman–Crippen LogP) is 4.84. The summed E-state index contributed by atoms with van der Waals surface area (Å²) in [5.41, 5.74) is 14.3. The standard InChI is InChI=1S/C26H29N7/c27-24-22-9-10-32(26(22)29-15-28-24)21-6-4-16(11-21)1-2-17-3-5-18-13-19-14-33(20-7-8-20)31-25(19)30-23(18)12-17/h3,5,9-10,12-13,15-16,20-21H,1-2,4,6-8,11,14H2,(H,30,31)(H2,27,28,29). The second-order valence-corrected chi connectivity index (χ2v) is 10.1. The normalized spacial score (nSPS) is 22.8. The summed E-state index contributed by atoms with van der Waals surface area (Å²) >= 11 is 0. The number of nitrogen functional groups attached to an aromatic ring is 1. The third-order valence-electron chi connectivity index (χ3n) is 7.83. The average Bonchev–Trinajstić information content (AvgIpc) is 3.22. The Balaban J connectivity index is 1.03. The number of aryl methyl sites for hydroxylation is 1. The Labute approximate surface area is 193 Å². The summed E-state index contributed by atoms with van der Waals surface area (Å²) < 4.78 is 2.31. The first-order valence-corrected chi connectivity index (χ1v) is 12.2. The monoisotopic (exact) mass is 439 g/mol. The van der Waals surface area contributed by atoms with Crippen molar-refractivity contribution in [1.29, 1.82) is 0 Å². The molecule has 0 spiro atoms. The number of aromatic nitrogens is 4. The van der Waals surface area contributed by atoms with Crippen LogP contribution in [0.3, 0.4) is 0 Å². The molecule has 3 aliphatic rings. The van der Waals surface area contributed by atoms with Crippen LogP contribution in [-0.4, -0.2) is 30.6 Å². The van der Waals surface area contributed by atoms with Gasteiger partial charge < -0.3 is 15.7 Å². The zero-order valence-corrected chi connectivity index (χ0v) is 18.7. The van der Waals surface area contributed by atoms with Crippen LogP contribution in [-0.2, 0) is 13.0 Å². The largest absolute Gasteiger partial charge is 0.383 e. The van der Waals surface area contributed by atoms with E-state index >= 15 is 0 Å². The van der Waals surface area contributed by atoms with E-state index < -0.39 is 0 Å². The Morgan fingerprint density at radius 1 is 1.03 bits per heavy atom. The molecular formula is C26H29N7. The molecule has 7 rings (SSSR count). The molecule has 2 atom stereocenters. The molecule has 2 aliphatic carbocycles. The average molecular weight is 440 g/mol. The molecule has 0 amide bonds. The van der Waals surface area contributed by atoms with Crippen molar-refractivity contribution in [1.82, 2.24) is 24.5 Å². The van der Waals surface area contributed by atoms with Gasteiger partial charge in [0, 0.05) is 35.8 Å². The molecule has 7 heteroatoms. The van der Waals surface area contributed by atoms with Gasteiger partial charge >= 0.3 is 0 Å². The molecule has 3 aromatic heterocycles. The van der Waals surface area contributed by atoms with Crippen molar-refractivity contribution in [3.8, 4) is 0 Å². The summed E-state index contributed by atoms with van der Waals surface area (Å²) in [6.45, 7) is 0.975. The smallest absolute Gasteiger partial charge is 0.145 e. The molecular weight excluding hydrogens is 410 g/mol. The first-order chi connectivity index (χ1) is 16.2. The Morgan fingerprint density at radius 2 is 1.94 bits per heavy atom. The van der Waals surface area contributed by atoms with Crippen LogP contribution in [0.5, 0.6) is 0 Å². The van der Waals surface area contributed by atoms with E-state index in [1.807, 2.05) is 0 Å². The van der Waals surface area contributed by atoms with Gasteiger partial charge in [0.25, 0.3) is 0 Å². The fourth-order valence-corrected chi connectivity index (χ4v) is 5.81. The fraction of sp³-hybridized carbons (Fsp3) is 0.423. The van der Waals surface area contributed by atoms with E-state index in [1.165, 1.54) is 55.0 Å². The van der Waals surface area contributed by atoms with Crippen LogP contribution in [0, 0.1) is 5.92 Å². The van der Waals surface area contributed by atoms with Crippen LogP contribution >= 0.6 is 0 Å².